The predicted molar refractivity (Wildman–Crippen MR) is 126 cm³/mol. The molecule has 4 heterocycles. The summed E-state index contributed by atoms with van der Waals surface area (Å²) < 4.78 is 11.9. The number of hydrogen-bond donors (Lipinski definition) is 1. The molecule has 0 amide bonds. The summed E-state index contributed by atoms with van der Waals surface area (Å²) in [5, 5.41) is 26.7. The number of nitrogens with zero attached hydrogens (tertiary/aromatic N) is 5. The summed E-state index contributed by atoms with van der Waals surface area (Å²) in [5.74, 6) is 0.452. The van der Waals surface area contributed by atoms with Crippen LogP contribution in [0, 0.1) is 16.0 Å². The number of ether oxygens (including phenoxy) is 1. The van der Waals surface area contributed by atoms with Gasteiger partial charge in [0, 0.05) is 12.1 Å². The Bertz CT molecular complexity index is 1340. The molecular formula is C23H23N5O6S. The first-order chi connectivity index (χ1) is 17.0. The maximum absolute atomic E-state index is 12.2. The number of aromatic hydroxyl groups is 1. The summed E-state index contributed by atoms with van der Waals surface area (Å²) >= 11 is 1.29. The van der Waals surface area contributed by atoms with Crippen LogP contribution in [0.1, 0.15) is 36.2 Å². The standard InChI is InChI=1S/C23H23N5O6S/c1-2-33-22(30)15-9-11-26(12-10-15)18(14-5-7-16(8-6-14)28(31)32)19-21(29)27-23(35-19)24-20(25-27)17-4-3-13-34-17/h3-8,13,15,18,29H,2,9-12H2,1H3. The molecule has 182 valence electrons. The Labute approximate surface area is 203 Å². The summed E-state index contributed by atoms with van der Waals surface area (Å²) in [5.41, 5.74) is 0.778. The summed E-state index contributed by atoms with van der Waals surface area (Å²) in [6, 6.07) is 9.39. The molecular weight excluding hydrogens is 474 g/mol. The molecule has 0 spiro atoms. The van der Waals surface area contributed by atoms with Gasteiger partial charge in [-0.15, -0.1) is 5.10 Å². The van der Waals surface area contributed by atoms with Crippen LogP contribution in [0.15, 0.2) is 47.1 Å². The van der Waals surface area contributed by atoms with Gasteiger partial charge < -0.3 is 14.3 Å². The molecule has 0 bridgehead atoms. The Morgan fingerprint density at radius 2 is 2.06 bits per heavy atom. The average molecular weight is 498 g/mol. The second-order valence-corrected chi connectivity index (χ2v) is 9.22. The molecule has 1 aromatic carbocycles. The number of likely N-dealkylation sites (tertiary alicyclic amines) is 1. The van der Waals surface area contributed by atoms with Crippen molar-refractivity contribution in [1.82, 2.24) is 19.5 Å². The van der Waals surface area contributed by atoms with Crippen LogP contribution in [0.4, 0.5) is 5.69 Å². The number of nitro benzene ring substituents is 1. The minimum Gasteiger partial charge on any atom is -0.492 e. The van der Waals surface area contributed by atoms with Gasteiger partial charge in [0.05, 0.1) is 34.6 Å². The molecule has 1 aliphatic heterocycles. The van der Waals surface area contributed by atoms with Gasteiger partial charge in [-0.3, -0.25) is 19.8 Å². The summed E-state index contributed by atoms with van der Waals surface area (Å²) in [4.78, 5) is 30.7. The second kappa shape index (κ2) is 9.47. The van der Waals surface area contributed by atoms with Crippen LogP contribution in [0.3, 0.4) is 0 Å². The van der Waals surface area contributed by atoms with Crippen molar-refractivity contribution in [3.63, 3.8) is 0 Å². The molecule has 3 aromatic heterocycles. The van der Waals surface area contributed by atoms with Gasteiger partial charge in [-0.2, -0.15) is 9.50 Å². The molecule has 1 saturated heterocycles. The van der Waals surface area contributed by atoms with E-state index >= 15 is 0 Å². The maximum Gasteiger partial charge on any atom is 0.309 e. The van der Waals surface area contributed by atoms with Gasteiger partial charge in [0.15, 0.2) is 5.76 Å². The van der Waals surface area contributed by atoms with E-state index in [0.29, 0.717) is 54.0 Å². The van der Waals surface area contributed by atoms with Gasteiger partial charge in [0.1, 0.15) is 0 Å². The Kier molecular flexibility index (Phi) is 6.22. The molecule has 11 nitrogen and oxygen atoms in total. The highest BCUT2D eigenvalue weighted by molar-refractivity contribution is 7.17. The number of furan rings is 1. The molecule has 1 unspecified atom stereocenters. The fraction of sp³-hybridized carbons (Fsp3) is 0.348. The predicted octanol–water partition coefficient (Wildman–Crippen LogP) is 4.03. The highest BCUT2D eigenvalue weighted by Gasteiger charge is 2.34. The van der Waals surface area contributed by atoms with Crippen molar-refractivity contribution in [2.45, 2.75) is 25.8 Å². The highest BCUT2D eigenvalue weighted by Crippen LogP contribution is 2.42. The number of piperidine rings is 1. The van der Waals surface area contributed by atoms with E-state index in [2.05, 4.69) is 15.0 Å². The van der Waals surface area contributed by atoms with E-state index in [-0.39, 0.29) is 29.5 Å². The van der Waals surface area contributed by atoms with Crippen molar-refractivity contribution >= 4 is 28.0 Å². The molecule has 5 rings (SSSR count). The van der Waals surface area contributed by atoms with E-state index in [1.54, 1.807) is 31.2 Å². The van der Waals surface area contributed by atoms with E-state index in [0.717, 1.165) is 5.56 Å². The van der Waals surface area contributed by atoms with Crippen molar-refractivity contribution in [3.05, 3.63) is 63.2 Å². The molecule has 0 radical (unpaired) electrons. The number of aromatic nitrogens is 3. The summed E-state index contributed by atoms with van der Waals surface area (Å²) in [6.07, 6.45) is 2.76. The minimum absolute atomic E-state index is 0.0107. The van der Waals surface area contributed by atoms with Crippen LogP contribution in [0.5, 0.6) is 5.88 Å². The molecule has 12 heteroatoms. The van der Waals surface area contributed by atoms with E-state index in [1.165, 1.54) is 34.2 Å². The van der Waals surface area contributed by atoms with Gasteiger partial charge in [-0.05, 0) is 50.6 Å². The largest absolute Gasteiger partial charge is 0.492 e. The highest BCUT2D eigenvalue weighted by atomic mass is 32.1. The minimum atomic E-state index is -0.444. The maximum atomic E-state index is 12.2. The van der Waals surface area contributed by atoms with E-state index in [4.69, 9.17) is 9.15 Å². The average Bonchev–Trinajstić information content (AvgIpc) is 3.59. The molecule has 1 fully saturated rings. The normalized spacial score (nSPS) is 15.9. The van der Waals surface area contributed by atoms with Crippen LogP contribution in [0.2, 0.25) is 0 Å². The monoisotopic (exact) mass is 497 g/mol. The number of carbonyl (C=O) groups excluding carboxylic acids is 1. The smallest absolute Gasteiger partial charge is 0.309 e. The molecule has 0 aliphatic carbocycles. The number of non-ortho nitro benzene ring substituents is 1. The Morgan fingerprint density at radius 1 is 1.31 bits per heavy atom. The number of benzene rings is 1. The SMILES string of the molecule is CCOC(=O)C1CCN(C(c2ccc([N+](=O)[O-])cc2)c2sc3nc(-c4ccco4)nn3c2O)CC1. The zero-order chi connectivity index (χ0) is 24.5. The van der Waals surface area contributed by atoms with Crippen LogP contribution >= 0.6 is 11.3 Å². The zero-order valence-corrected chi connectivity index (χ0v) is 19.7. The lowest BCUT2D eigenvalue weighted by molar-refractivity contribution is -0.384. The molecule has 35 heavy (non-hydrogen) atoms. The summed E-state index contributed by atoms with van der Waals surface area (Å²) in [6.45, 7) is 3.32. The number of nitro groups is 1. The van der Waals surface area contributed by atoms with Crippen LogP contribution < -0.4 is 0 Å². The van der Waals surface area contributed by atoms with Crippen LogP contribution in [-0.4, -0.2) is 55.2 Å². The molecule has 0 saturated carbocycles. The number of carbonyl (C=O) groups is 1. The Hall–Kier alpha value is -3.77. The first-order valence-electron chi connectivity index (χ1n) is 11.2. The van der Waals surface area contributed by atoms with Gasteiger partial charge in [-0.25, -0.2) is 0 Å². The molecule has 4 aromatic rings. The van der Waals surface area contributed by atoms with E-state index < -0.39 is 4.92 Å². The number of hydrogen-bond acceptors (Lipinski definition) is 10. The van der Waals surface area contributed by atoms with Gasteiger partial charge >= 0.3 is 5.97 Å². The van der Waals surface area contributed by atoms with Crippen molar-refractivity contribution in [2.75, 3.05) is 19.7 Å². The van der Waals surface area contributed by atoms with Crippen molar-refractivity contribution in [1.29, 1.82) is 0 Å². The molecule has 1 N–H and O–H groups in total. The third kappa shape index (κ3) is 4.37. The van der Waals surface area contributed by atoms with Crippen LogP contribution in [0.25, 0.3) is 16.5 Å². The summed E-state index contributed by atoms with van der Waals surface area (Å²) in [7, 11) is 0. The first-order valence-corrected chi connectivity index (χ1v) is 12.0. The topological polar surface area (TPSA) is 136 Å². The van der Waals surface area contributed by atoms with E-state index in [1.807, 2.05) is 0 Å². The fourth-order valence-corrected chi connectivity index (χ4v) is 5.52. The first kappa shape index (κ1) is 23.0. The van der Waals surface area contributed by atoms with Crippen LogP contribution in [-0.2, 0) is 9.53 Å². The number of thiazole rings is 1. The van der Waals surface area contributed by atoms with Gasteiger partial charge in [-0.1, -0.05) is 23.5 Å². The van der Waals surface area contributed by atoms with Crippen molar-refractivity contribution in [3.8, 4) is 17.5 Å². The zero-order valence-electron chi connectivity index (χ0n) is 18.9. The molecule has 1 atom stereocenters. The number of rotatable bonds is 7. The number of fused-ring (bicyclic) bond motifs is 1. The number of esters is 1. The van der Waals surface area contributed by atoms with Crippen molar-refractivity contribution in [2.24, 2.45) is 5.92 Å². The lowest BCUT2D eigenvalue weighted by atomic mass is 9.93. The Balaban J connectivity index is 1.49. The fourth-order valence-electron chi connectivity index (χ4n) is 4.40. The lowest BCUT2D eigenvalue weighted by Gasteiger charge is -2.36. The quantitative estimate of drug-likeness (QED) is 0.228. The van der Waals surface area contributed by atoms with E-state index in [9.17, 15) is 20.0 Å². The second-order valence-electron chi connectivity index (χ2n) is 8.21. The third-order valence-electron chi connectivity index (χ3n) is 6.12. The molecule has 1 aliphatic rings. The third-order valence-corrected chi connectivity index (χ3v) is 7.20. The van der Waals surface area contributed by atoms with Gasteiger partial charge in [0.25, 0.3) is 5.69 Å². The Morgan fingerprint density at radius 3 is 2.66 bits per heavy atom. The van der Waals surface area contributed by atoms with Gasteiger partial charge in [0.2, 0.25) is 16.7 Å². The lowest BCUT2D eigenvalue weighted by Crippen LogP contribution is -2.39. The van der Waals surface area contributed by atoms with Crippen molar-refractivity contribution < 1.29 is 24.0 Å².